The number of hydrogen-bond donors (Lipinski definition) is 0. The zero-order chi connectivity index (χ0) is 17.9. The topological polar surface area (TPSA) is 61.8 Å². The van der Waals surface area contributed by atoms with Crippen molar-refractivity contribution < 1.29 is 9.53 Å². The molecule has 0 atom stereocenters. The summed E-state index contributed by atoms with van der Waals surface area (Å²) in [4.78, 5) is 24.9. The fraction of sp³-hybridized carbons (Fsp3) is 0.688. The van der Waals surface area contributed by atoms with E-state index in [-0.39, 0.29) is 12.1 Å². The molecule has 1 saturated heterocycles. The van der Waals surface area contributed by atoms with Gasteiger partial charge in [-0.05, 0) is 34.6 Å². The minimum Gasteiger partial charge on any atom is -0.444 e. The molecule has 2 heterocycles. The predicted molar refractivity (Wildman–Crippen MR) is 98.6 cm³/mol. The molecule has 1 aromatic heterocycles. The Morgan fingerprint density at radius 2 is 1.92 bits per heavy atom. The number of nitrogens with zero attached hydrogens (tertiary/aromatic N) is 5. The molecule has 1 amide bonds. The van der Waals surface area contributed by atoms with Gasteiger partial charge in [0.1, 0.15) is 11.4 Å². The van der Waals surface area contributed by atoms with Crippen LogP contribution < -0.4 is 8.83 Å². The number of carbonyl (C=O) groups excluding carboxylic acids is 1. The quantitative estimate of drug-likeness (QED) is 0.727. The van der Waals surface area contributed by atoms with Crippen LogP contribution in [0.2, 0.25) is 0 Å². The average Bonchev–Trinajstić information content (AvgIpc) is 2.52. The lowest BCUT2D eigenvalue weighted by atomic mass is 10.2. The Bertz CT molecular complexity index is 568. The van der Waals surface area contributed by atoms with Crippen LogP contribution in [0.15, 0.2) is 12.3 Å². The van der Waals surface area contributed by atoms with Gasteiger partial charge in [0.2, 0.25) is 5.95 Å². The molecule has 8 heteroatoms. The summed E-state index contributed by atoms with van der Waals surface area (Å²) in [7, 11) is 0. The van der Waals surface area contributed by atoms with Gasteiger partial charge in [0.05, 0.1) is 16.1 Å². The van der Waals surface area contributed by atoms with Gasteiger partial charge in [0.15, 0.2) is 0 Å². The zero-order valence-corrected chi connectivity index (χ0v) is 16.6. The Morgan fingerprint density at radius 3 is 2.46 bits per heavy atom. The molecule has 0 bridgehead atoms. The number of amides is 1. The Kier molecular flexibility index (Phi) is 5.90. The van der Waals surface area contributed by atoms with Crippen LogP contribution in [0.5, 0.6) is 0 Å². The lowest BCUT2D eigenvalue weighted by Crippen LogP contribution is -2.50. The molecule has 24 heavy (non-hydrogen) atoms. The number of carbonyl (C=O) groups is 1. The van der Waals surface area contributed by atoms with Crippen LogP contribution >= 0.6 is 16.1 Å². The Hall–Kier alpha value is -1.57. The highest BCUT2D eigenvalue weighted by atomic mass is 79.9. The van der Waals surface area contributed by atoms with Crippen molar-refractivity contribution in [2.24, 2.45) is 0 Å². The third kappa shape index (κ3) is 4.96. The molecule has 2 rings (SSSR count). The monoisotopic (exact) mass is 399 g/mol. The summed E-state index contributed by atoms with van der Waals surface area (Å²) >= 11 is 3.52. The minimum absolute atomic E-state index is 0.261. The number of ether oxygens (including phenoxy) is 1. The first-order valence-corrected chi connectivity index (χ1v) is 8.89. The van der Waals surface area contributed by atoms with Crippen LogP contribution in [-0.2, 0) is 4.74 Å². The van der Waals surface area contributed by atoms with E-state index in [0.29, 0.717) is 32.1 Å². The van der Waals surface area contributed by atoms with E-state index in [2.05, 4.69) is 44.9 Å². The van der Waals surface area contributed by atoms with Crippen molar-refractivity contribution >= 4 is 34.0 Å². The Balaban J connectivity index is 1.97. The first-order chi connectivity index (χ1) is 11.2. The molecular formula is C16H26BrN5O2. The zero-order valence-electron chi connectivity index (χ0n) is 15.0. The van der Waals surface area contributed by atoms with Gasteiger partial charge in [0, 0.05) is 44.5 Å². The van der Waals surface area contributed by atoms with Gasteiger partial charge < -0.3 is 14.5 Å². The van der Waals surface area contributed by atoms with Gasteiger partial charge in [-0.25, -0.2) is 9.78 Å². The van der Waals surface area contributed by atoms with Crippen molar-refractivity contribution in [3.63, 3.8) is 0 Å². The molecule has 1 fully saturated rings. The van der Waals surface area contributed by atoms with Crippen molar-refractivity contribution in [3.05, 3.63) is 12.3 Å². The van der Waals surface area contributed by atoms with Crippen molar-refractivity contribution in [1.82, 2.24) is 14.9 Å². The molecule has 0 radical (unpaired) electrons. The largest absolute Gasteiger partial charge is 0.444 e. The number of hydrogen-bond acceptors (Lipinski definition) is 6. The molecule has 7 nitrogen and oxygen atoms in total. The molecule has 1 aliphatic rings. The van der Waals surface area contributed by atoms with Crippen LogP contribution in [0.4, 0.5) is 16.6 Å². The molecule has 0 saturated carbocycles. The van der Waals surface area contributed by atoms with Crippen LogP contribution in [0, 0.1) is 0 Å². The SMILES string of the molecule is CC(C)N(Br)c1ccnc(N2CCN(C(=O)OC(C)(C)C)CC2)n1. The van der Waals surface area contributed by atoms with Crippen molar-refractivity contribution in [2.75, 3.05) is 35.0 Å². The van der Waals surface area contributed by atoms with Crippen molar-refractivity contribution in [1.29, 1.82) is 0 Å². The van der Waals surface area contributed by atoms with E-state index in [1.807, 2.05) is 30.8 Å². The molecule has 134 valence electrons. The molecule has 0 aliphatic carbocycles. The van der Waals surface area contributed by atoms with E-state index in [4.69, 9.17) is 4.74 Å². The third-order valence-electron chi connectivity index (χ3n) is 3.51. The van der Waals surface area contributed by atoms with Gasteiger partial charge in [-0.3, -0.25) is 3.93 Å². The van der Waals surface area contributed by atoms with E-state index in [1.54, 1.807) is 11.1 Å². The van der Waals surface area contributed by atoms with Crippen LogP contribution in [-0.4, -0.2) is 58.8 Å². The number of halogens is 1. The van der Waals surface area contributed by atoms with Crippen LogP contribution in [0.25, 0.3) is 0 Å². The number of anilines is 2. The van der Waals surface area contributed by atoms with E-state index in [0.717, 1.165) is 5.82 Å². The fourth-order valence-corrected chi connectivity index (χ4v) is 2.49. The molecule has 1 aromatic rings. The van der Waals surface area contributed by atoms with Crippen molar-refractivity contribution in [2.45, 2.75) is 46.3 Å². The summed E-state index contributed by atoms with van der Waals surface area (Å²) in [5.74, 6) is 1.51. The van der Waals surface area contributed by atoms with E-state index < -0.39 is 5.60 Å². The molecule has 0 aromatic carbocycles. The standard InChI is InChI=1S/C16H26BrN5O2/c1-12(2)22(17)13-6-7-18-14(19-13)20-8-10-21(11-9-20)15(23)24-16(3,4)5/h6-7,12H,8-11H2,1-5H3. The summed E-state index contributed by atoms with van der Waals surface area (Å²) < 4.78 is 7.35. The Morgan fingerprint density at radius 1 is 1.29 bits per heavy atom. The van der Waals surface area contributed by atoms with Gasteiger partial charge in [0.25, 0.3) is 0 Å². The maximum Gasteiger partial charge on any atom is 0.410 e. The minimum atomic E-state index is -0.470. The molecule has 1 aliphatic heterocycles. The maximum atomic E-state index is 12.1. The first kappa shape index (κ1) is 18.8. The molecular weight excluding hydrogens is 374 g/mol. The summed E-state index contributed by atoms with van der Waals surface area (Å²) in [5, 5.41) is 0. The number of rotatable bonds is 3. The highest BCUT2D eigenvalue weighted by molar-refractivity contribution is 9.10. The summed E-state index contributed by atoms with van der Waals surface area (Å²) in [6.07, 6.45) is 1.50. The van der Waals surface area contributed by atoms with E-state index >= 15 is 0 Å². The second-order valence-corrected chi connectivity index (χ2v) is 7.84. The summed E-state index contributed by atoms with van der Waals surface area (Å²) in [6, 6.07) is 2.16. The molecule has 0 unspecified atom stereocenters. The van der Waals surface area contributed by atoms with Gasteiger partial charge in [-0.1, -0.05) is 0 Å². The Labute approximate surface area is 152 Å². The van der Waals surface area contributed by atoms with Gasteiger partial charge in [-0.15, -0.1) is 0 Å². The van der Waals surface area contributed by atoms with Crippen LogP contribution in [0.3, 0.4) is 0 Å². The lowest BCUT2D eigenvalue weighted by Gasteiger charge is -2.35. The number of piperazine rings is 1. The number of aromatic nitrogens is 2. The lowest BCUT2D eigenvalue weighted by molar-refractivity contribution is 0.0240. The molecule has 0 N–H and O–H groups in total. The van der Waals surface area contributed by atoms with Crippen molar-refractivity contribution in [3.8, 4) is 0 Å². The van der Waals surface area contributed by atoms with Crippen LogP contribution in [0.1, 0.15) is 34.6 Å². The first-order valence-electron chi connectivity index (χ1n) is 8.18. The second-order valence-electron chi connectivity index (χ2n) is 7.07. The summed E-state index contributed by atoms with van der Waals surface area (Å²) in [5.41, 5.74) is -0.470. The van der Waals surface area contributed by atoms with E-state index in [1.165, 1.54) is 0 Å². The smallest absolute Gasteiger partial charge is 0.410 e. The predicted octanol–water partition coefficient (Wildman–Crippen LogP) is 3.06. The highest BCUT2D eigenvalue weighted by Crippen LogP contribution is 2.21. The third-order valence-corrected chi connectivity index (χ3v) is 4.70. The average molecular weight is 400 g/mol. The second kappa shape index (κ2) is 7.55. The van der Waals surface area contributed by atoms with Gasteiger partial charge >= 0.3 is 6.09 Å². The summed E-state index contributed by atoms with van der Waals surface area (Å²) in [6.45, 7) is 12.4. The highest BCUT2D eigenvalue weighted by Gasteiger charge is 2.27. The van der Waals surface area contributed by atoms with Gasteiger partial charge in [-0.2, -0.15) is 4.98 Å². The molecule has 0 spiro atoms. The maximum absolute atomic E-state index is 12.1. The normalized spacial score (nSPS) is 15.6. The van der Waals surface area contributed by atoms with E-state index in [9.17, 15) is 4.79 Å². The fourth-order valence-electron chi connectivity index (χ4n) is 2.29.